The second-order valence-corrected chi connectivity index (χ2v) is 6.95. The molecule has 5 heteroatoms. The molecule has 3 aromatic carbocycles. The van der Waals surface area contributed by atoms with E-state index in [1.807, 2.05) is 91.9 Å². The van der Waals surface area contributed by atoms with E-state index in [0.29, 0.717) is 18.1 Å². The van der Waals surface area contributed by atoms with Gasteiger partial charge >= 0.3 is 0 Å². The van der Waals surface area contributed by atoms with E-state index in [9.17, 15) is 4.79 Å². The maximum atomic E-state index is 13.3. The summed E-state index contributed by atoms with van der Waals surface area (Å²) in [6.07, 6.45) is 3.13. The molecule has 0 saturated heterocycles. The topological polar surface area (TPSA) is 58.1 Å². The third-order valence-corrected chi connectivity index (χ3v) is 4.79. The van der Waals surface area contributed by atoms with E-state index in [1.54, 1.807) is 17.3 Å². The number of carbonyl (C=O) groups is 1. The summed E-state index contributed by atoms with van der Waals surface area (Å²) in [7, 11) is 0. The first-order valence-corrected chi connectivity index (χ1v) is 9.76. The first kappa shape index (κ1) is 19.3. The fourth-order valence-corrected chi connectivity index (χ4v) is 3.15. The predicted molar refractivity (Wildman–Crippen MR) is 120 cm³/mol. The molecule has 1 amide bonds. The lowest BCUT2D eigenvalue weighted by Crippen LogP contribution is -2.30. The Hall–Kier alpha value is -3.99. The highest BCUT2D eigenvalue weighted by atomic mass is 16.2. The number of aryl methyl sites for hydroxylation is 1. The molecule has 5 nitrogen and oxygen atoms in total. The highest BCUT2D eigenvalue weighted by Gasteiger charge is 2.19. The van der Waals surface area contributed by atoms with Gasteiger partial charge in [-0.2, -0.15) is 0 Å². The molecule has 0 unspecified atom stereocenters. The molecule has 0 aliphatic rings. The van der Waals surface area contributed by atoms with Crippen LogP contribution in [0.1, 0.15) is 21.5 Å². The first-order valence-electron chi connectivity index (χ1n) is 9.76. The number of carbonyl (C=O) groups excluding carboxylic acids is 1. The Kier molecular flexibility index (Phi) is 5.80. The summed E-state index contributed by atoms with van der Waals surface area (Å²) < 4.78 is 0. The zero-order valence-corrected chi connectivity index (χ0v) is 16.7. The number of hydrogen-bond acceptors (Lipinski definition) is 4. The zero-order chi connectivity index (χ0) is 20.8. The van der Waals surface area contributed by atoms with Gasteiger partial charge in [-0.05, 0) is 36.2 Å². The summed E-state index contributed by atoms with van der Waals surface area (Å²) in [6.45, 7) is 2.48. The molecule has 0 bridgehead atoms. The Morgan fingerprint density at radius 2 is 1.43 bits per heavy atom. The quantitative estimate of drug-likeness (QED) is 0.477. The average Bonchev–Trinajstić information content (AvgIpc) is 2.80. The molecular formula is C25H22N4O. The number of anilines is 3. The maximum absolute atomic E-state index is 13.3. The van der Waals surface area contributed by atoms with Crippen LogP contribution in [0.5, 0.6) is 0 Å². The molecule has 148 valence electrons. The van der Waals surface area contributed by atoms with Crippen molar-refractivity contribution in [3.63, 3.8) is 0 Å². The van der Waals surface area contributed by atoms with E-state index < -0.39 is 0 Å². The van der Waals surface area contributed by atoms with Gasteiger partial charge < -0.3 is 10.2 Å². The second-order valence-electron chi connectivity index (χ2n) is 6.95. The van der Waals surface area contributed by atoms with Crippen LogP contribution in [0.3, 0.4) is 0 Å². The summed E-state index contributed by atoms with van der Waals surface area (Å²) in [5.74, 6) is 0.308. The van der Waals surface area contributed by atoms with Crippen LogP contribution in [-0.4, -0.2) is 15.9 Å². The Labute approximate surface area is 176 Å². The molecule has 0 radical (unpaired) electrons. The minimum Gasteiger partial charge on any atom is -0.324 e. The molecular weight excluding hydrogens is 372 g/mol. The van der Waals surface area contributed by atoms with Crippen LogP contribution in [-0.2, 0) is 6.54 Å². The smallest absolute Gasteiger partial charge is 0.261 e. The molecule has 1 aromatic heterocycles. The van der Waals surface area contributed by atoms with Crippen LogP contribution in [0.4, 0.5) is 17.3 Å². The second kappa shape index (κ2) is 9.01. The van der Waals surface area contributed by atoms with Gasteiger partial charge in [-0.3, -0.25) is 4.79 Å². The van der Waals surface area contributed by atoms with E-state index in [4.69, 9.17) is 0 Å². The molecule has 0 atom stereocenters. The van der Waals surface area contributed by atoms with Gasteiger partial charge in [0.2, 0.25) is 5.95 Å². The fraction of sp³-hybridized carbons (Fsp3) is 0.0800. The predicted octanol–water partition coefficient (Wildman–Crippen LogP) is 5.38. The highest BCUT2D eigenvalue weighted by molar-refractivity contribution is 6.05. The number of para-hydroxylation sites is 2. The molecule has 4 aromatic rings. The van der Waals surface area contributed by atoms with Gasteiger partial charge in [0.25, 0.3) is 5.91 Å². The van der Waals surface area contributed by atoms with Crippen LogP contribution in [0.25, 0.3) is 0 Å². The van der Waals surface area contributed by atoms with Crippen molar-refractivity contribution < 1.29 is 4.79 Å². The number of rotatable bonds is 6. The molecule has 1 heterocycles. The van der Waals surface area contributed by atoms with E-state index in [1.165, 1.54) is 0 Å². The van der Waals surface area contributed by atoms with Crippen molar-refractivity contribution in [3.8, 4) is 0 Å². The maximum Gasteiger partial charge on any atom is 0.261 e. The van der Waals surface area contributed by atoms with Gasteiger partial charge in [-0.1, -0.05) is 66.7 Å². The summed E-state index contributed by atoms with van der Waals surface area (Å²) in [5, 5.41) is 3.19. The molecule has 0 saturated carbocycles. The Morgan fingerprint density at radius 3 is 2.10 bits per heavy atom. The SMILES string of the molecule is Cc1ccccc1Nc1ncc(C(=O)N(Cc2ccccc2)c2ccccc2)cn1. The zero-order valence-electron chi connectivity index (χ0n) is 16.7. The Balaban J connectivity index is 1.57. The van der Waals surface area contributed by atoms with Crippen molar-refractivity contribution in [1.29, 1.82) is 0 Å². The first-order chi connectivity index (χ1) is 14.7. The lowest BCUT2D eigenvalue weighted by atomic mass is 10.1. The molecule has 0 fully saturated rings. The van der Waals surface area contributed by atoms with E-state index in [0.717, 1.165) is 22.5 Å². The average molecular weight is 394 g/mol. The van der Waals surface area contributed by atoms with E-state index >= 15 is 0 Å². The minimum absolute atomic E-state index is 0.146. The monoisotopic (exact) mass is 394 g/mol. The largest absolute Gasteiger partial charge is 0.324 e. The van der Waals surface area contributed by atoms with Crippen molar-refractivity contribution in [1.82, 2.24) is 9.97 Å². The van der Waals surface area contributed by atoms with Crippen LogP contribution >= 0.6 is 0 Å². The lowest BCUT2D eigenvalue weighted by Gasteiger charge is -2.23. The molecule has 30 heavy (non-hydrogen) atoms. The lowest BCUT2D eigenvalue weighted by molar-refractivity contribution is 0.0984. The minimum atomic E-state index is -0.146. The van der Waals surface area contributed by atoms with Crippen molar-refractivity contribution >= 4 is 23.2 Å². The number of amides is 1. The van der Waals surface area contributed by atoms with Crippen molar-refractivity contribution in [3.05, 3.63) is 114 Å². The number of benzene rings is 3. The van der Waals surface area contributed by atoms with Gasteiger partial charge in [-0.15, -0.1) is 0 Å². The Morgan fingerprint density at radius 1 is 0.833 bits per heavy atom. The normalized spacial score (nSPS) is 10.4. The highest BCUT2D eigenvalue weighted by Crippen LogP contribution is 2.21. The Bertz CT molecular complexity index is 1110. The number of nitrogens with one attached hydrogen (secondary N) is 1. The van der Waals surface area contributed by atoms with Crippen molar-refractivity contribution in [2.45, 2.75) is 13.5 Å². The summed E-state index contributed by atoms with van der Waals surface area (Å²) >= 11 is 0. The number of hydrogen-bond donors (Lipinski definition) is 1. The molecule has 1 N–H and O–H groups in total. The van der Waals surface area contributed by atoms with Crippen LogP contribution in [0.2, 0.25) is 0 Å². The third kappa shape index (κ3) is 4.52. The van der Waals surface area contributed by atoms with Gasteiger partial charge in [0.1, 0.15) is 0 Å². The number of nitrogens with zero attached hydrogens (tertiary/aromatic N) is 3. The van der Waals surface area contributed by atoms with E-state index in [-0.39, 0.29) is 5.91 Å². The van der Waals surface area contributed by atoms with Crippen molar-refractivity contribution in [2.75, 3.05) is 10.2 Å². The van der Waals surface area contributed by atoms with Crippen LogP contribution in [0, 0.1) is 6.92 Å². The van der Waals surface area contributed by atoms with E-state index in [2.05, 4.69) is 15.3 Å². The van der Waals surface area contributed by atoms with Gasteiger partial charge in [-0.25, -0.2) is 9.97 Å². The molecule has 0 aliphatic heterocycles. The molecule has 0 spiro atoms. The summed E-state index contributed by atoms with van der Waals surface area (Å²) in [4.78, 5) is 23.7. The van der Waals surface area contributed by atoms with Gasteiger partial charge in [0.15, 0.2) is 0 Å². The molecule has 4 rings (SSSR count). The van der Waals surface area contributed by atoms with Crippen molar-refractivity contribution in [2.24, 2.45) is 0 Å². The summed E-state index contributed by atoms with van der Waals surface area (Å²) in [5.41, 5.74) is 4.35. The third-order valence-electron chi connectivity index (χ3n) is 4.79. The standard InChI is InChI=1S/C25H22N4O/c1-19-10-8-9-15-23(19)28-25-26-16-21(17-27-25)24(30)29(22-13-6-3-7-14-22)18-20-11-4-2-5-12-20/h2-17H,18H2,1H3,(H,26,27,28). The fourth-order valence-electron chi connectivity index (χ4n) is 3.15. The van der Waals surface area contributed by atoms with Crippen LogP contribution in [0.15, 0.2) is 97.3 Å². The van der Waals surface area contributed by atoms with Crippen LogP contribution < -0.4 is 10.2 Å². The number of aromatic nitrogens is 2. The van der Waals surface area contributed by atoms with Gasteiger partial charge in [0.05, 0.1) is 12.1 Å². The van der Waals surface area contributed by atoms with Gasteiger partial charge in [0, 0.05) is 23.8 Å². The molecule has 0 aliphatic carbocycles. The summed E-state index contributed by atoms with van der Waals surface area (Å²) in [6, 6.07) is 27.5.